The van der Waals surface area contributed by atoms with E-state index in [0.29, 0.717) is 17.2 Å². The van der Waals surface area contributed by atoms with Crippen molar-refractivity contribution in [2.75, 3.05) is 37.8 Å². The molecule has 2 fully saturated rings. The number of carbonyl (C=O) groups is 2. The van der Waals surface area contributed by atoms with Gasteiger partial charge in [-0.05, 0) is 30.3 Å². The van der Waals surface area contributed by atoms with E-state index in [1.54, 1.807) is 34.1 Å². The third kappa shape index (κ3) is 4.46. The van der Waals surface area contributed by atoms with Crippen molar-refractivity contribution in [2.24, 2.45) is 0 Å². The van der Waals surface area contributed by atoms with Crippen LogP contribution in [0.3, 0.4) is 0 Å². The van der Waals surface area contributed by atoms with Gasteiger partial charge in [-0.2, -0.15) is 4.31 Å². The van der Waals surface area contributed by atoms with Crippen molar-refractivity contribution < 1.29 is 22.4 Å². The Balaban J connectivity index is 1.41. The molecule has 2 aliphatic heterocycles. The zero-order valence-corrected chi connectivity index (χ0v) is 18.3. The van der Waals surface area contributed by atoms with E-state index in [9.17, 15) is 22.4 Å². The summed E-state index contributed by atoms with van der Waals surface area (Å²) in [6.45, 7) is 0.692. The fourth-order valence-electron chi connectivity index (χ4n) is 3.73. The summed E-state index contributed by atoms with van der Waals surface area (Å²) in [6, 6.07) is 13.2. The lowest BCUT2D eigenvalue weighted by atomic mass is 10.1. The standard InChI is InChI=1S/C21H22FN3O4S2/c22-17-7-4-8-18(13-17)31(28,29)24-11-9-23(10-12-24)21(27)19-14-30-15-25(19)20(26)16-5-2-1-3-6-16/h1-8,13,19H,9-12,14-15H2/t19-/m0/s1. The average molecular weight is 464 g/mol. The molecule has 10 heteroatoms. The summed E-state index contributed by atoms with van der Waals surface area (Å²) in [6.07, 6.45) is 0. The Morgan fingerprint density at radius 1 is 0.968 bits per heavy atom. The van der Waals surface area contributed by atoms with E-state index >= 15 is 0 Å². The minimum atomic E-state index is -3.83. The average Bonchev–Trinajstić information content (AvgIpc) is 3.28. The number of sulfonamides is 1. The highest BCUT2D eigenvalue weighted by Crippen LogP contribution is 2.26. The third-order valence-electron chi connectivity index (χ3n) is 5.43. The lowest BCUT2D eigenvalue weighted by molar-refractivity contribution is -0.136. The first-order valence-electron chi connectivity index (χ1n) is 9.86. The van der Waals surface area contributed by atoms with Gasteiger partial charge in [0.25, 0.3) is 5.91 Å². The van der Waals surface area contributed by atoms with Gasteiger partial charge < -0.3 is 9.80 Å². The maximum Gasteiger partial charge on any atom is 0.255 e. The molecule has 2 amide bonds. The van der Waals surface area contributed by atoms with Crippen LogP contribution in [0, 0.1) is 5.82 Å². The second kappa shape index (κ2) is 8.97. The van der Waals surface area contributed by atoms with E-state index in [-0.39, 0.29) is 42.9 Å². The van der Waals surface area contributed by atoms with Crippen LogP contribution in [0.15, 0.2) is 59.5 Å². The van der Waals surface area contributed by atoms with Crippen molar-refractivity contribution in [3.05, 3.63) is 66.0 Å². The Kier molecular flexibility index (Phi) is 6.31. The van der Waals surface area contributed by atoms with Crippen molar-refractivity contribution in [1.29, 1.82) is 0 Å². The molecule has 2 aliphatic rings. The van der Waals surface area contributed by atoms with Crippen LogP contribution in [-0.4, -0.2) is 78.2 Å². The van der Waals surface area contributed by atoms with Crippen LogP contribution in [0.2, 0.25) is 0 Å². The van der Waals surface area contributed by atoms with Gasteiger partial charge in [0, 0.05) is 37.5 Å². The van der Waals surface area contributed by atoms with Gasteiger partial charge in [0.15, 0.2) is 0 Å². The van der Waals surface area contributed by atoms with Crippen molar-refractivity contribution in [1.82, 2.24) is 14.1 Å². The SMILES string of the molecule is O=C([C@@H]1CSCN1C(=O)c1ccccc1)N1CCN(S(=O)(=O)c2cccc(F)c2)CC1. The summed E-state index contributed by atoms with van der Waals surface area (Å²) < 4.78 is 40.3. The second-order valence-corrected chi connectivity index (χ2v) is 10.3. The highest BCUT2D eigenvalue weighted by atomic mass is 32.2. The molecule has 2 saturated heterocycles. The first-order valence-corrected chi connectivity index (χ1v) is 12.5. The van der Waals surface area contributed by atoms with E-state index < -0.39 is 21.9 Å². The molecule has 31 heavy (non-hydrogen) atoms. The smallest absolute Gasteiger partial charge is 0.255 e. The number of halogens is 1. The molecule has 2 aromatic carbocycles. The monoisotopic (exact) mass is 463 g/mol. The van der Waals surface area contributed by atoms with Gasteiger partial charge in [-0.3, -0.25) is 9.59 Å². The van der Waals surface area contributed by atoms with E-state index in [1.165, 1.54) is 34.3 Å². The maximum atomic E-state index is 13.5. The Morgan fingerprint density at radius 2 is 1.68 bits per heavy atom. The van der Waals surface area contributed by atoms with Crippen molar-refractivity contribution in [3.8, 4) is 0 Å². The number of thioether (sulfide) groups is 1. The van der Waals surface area contributed by atoms with Crippen LogP contribution in [0.4, 0.5) is 4.39 Å². The Labute approximate surface area is 184 Å². The molecule has 0 radical (unpaired) electrons. The molecule has 0 N–H and O–H groups in total. The number of nitrogens with zero attached hydrogens (tertiary/aromatic N) is 3. The lowest BCUT2D eigenvalue weighted by Gasteiger charge is -2.36. The summed E-state index contributed by atoms with van der Waals surface area (Å²) >= 11 is 1.52. The fraction of sp³-hybridized carbons (Fsp3) is 0.333. The van der Waals surface area contributed by atoms with E-state index in [0.717, 1.165) is 6.07 Å². The summed E-state index contributed by atoms with van der Waals surface area (Å²) in [5, 5.41) is 0. The van der Waals surface area contributed by atoms with Gasteiger partial charge in [-0.25, -0.2) is 12.8 Å². The normalized spacial score (nSPS) is 20.1. The molecule has 4 rings (SSSR count). The minimum Gasteiger partial charge on any atom is -0.338 e. The molecular weight excluding hydrogens is 441 g/mol. The summed E-state index contributed by atoms with van der Waals surface area (Å²) in [5.41, 5.74) is 0.536. The highest BCUT2D eigenvalue weighted by Gasteiger charge is 2.39. The molecule has 0 bridgehead atoms. The number of amides is 2. The van der Waals surface area contributed by atoms with Crippen molar-refractivity contribution in [2.45, 2.75) is 10.9 Å². The molecule has 164 valence electrons. The van der Waals surface area contributed by atoms with Gasteiger partial charge in [0.05, 0.1) is 10.8 Å². The van der Waals surface area contributed by atoms with Crippen LogP contribution in [0.25, 0.3) is 0 Å². The number of carbonyl (C=O) groups excluding carboxylic acids is 2. The van der Waals surface area contributed by atoms with Crippen molar-refractivity contribution >= 4 is 33.6 Å². The van der Waals surface area contributed by atoms with E-state index in [4.69, 9.17) is 0 Å². The first-order chi connectivity index (χ1) is 14.9. The lowest BCUT2D eigenvalue weighted by Crippen LogP contribution is -2.55. The highest BCUT2D eigenvalue weighted by molar-refractivity contribution is 7.99. The molecule has 1 atom stereocenters. The zero-order chi connectivity index (χ0) is 22.0. The third-order valence-corrected chi connectivity index (χ3v) is 8.34. The van der Waals surface area contributed by atoms with Crippen LogP contribution in [-0.2, 0) is 14.8 Å². The molecule has 2 heterocycles. The molecule has 0 unspecified atom stereocenters. The molecular formula is C21H22FN3O4S2. The van der Waals surface area contributed by atoms with Crippen molar-refractivity contribution in [3.63, 3.8) is 0 Å². The molecule has 0 aliphatic carbocycles. The van der Waals surface area contributed by atoms with Crippen LogP contribution >= 0.6 is 11.8 Å². The van der Waals surface area contributed by atoms with Crippen LogP contribution < -0.4 is 0 Å². The van der Waals surface area contributed by atoms with Gasteiger partial charge in [-0.15, -0.1) is 11.8 Å². The summed E-state index contributed by atoms with van der Waals surface area (Å²) in [7, 11) is -3.83. The second-order valence-electron chi connectivity index (χ2n) is 7.34. The Bertz CT molecular complexity index is 1070. The molecule has 7 nitrogen and oxygen atoms in total. The number of hydrogen-bond acceptors (Lipinski definition) is 5. The topological polar surface area (TPSA) is 78.0 Å². The predicted molar refractivity (Wildman–Crippen MR) is 115 cm³/mol. The molecule has 0 spiro atoms. The molecule has 0 aromatic heterocycles. The number of piperazine rings is 1. The van der Waals surface area contributed by atoms with Crippen LogP contribution in [0.5, 0.6) is 0 Å². The summed E-state index contributed by atoms with van der Waals surface area (Å²) in [4.78, 5) is 29.0. The largest absolute Gasteiger partial charge is 0.338 e. The quantitative estimate of drug-likeness (QED) is 0.692. The van der Waals surface area contributed by atoms with Gasteiger partial charge in [-0.1, -0.05) is 24.3 Å². The minimum absolute atomic E-state index is 0.0981. The van der Waals surface area contributed by atoms with E-state index in [2.05, 4.69) is 0 Å². The molecule has 2 aromatic rings. The summed E-state index contributed by atoms with van der Waals surface area (Å²) in [5.74, 6) is -0.0118. The molecule has 0 saturated carbocycles. The number of rotatable bonds is 4. The van der Waals surface area contributed by atoms with E-state index in [1.807, 2.05) is 6.07 Å². The van der Waals surface area contributed by atoms with Crippen LogP contribution in [0.1, 0.15) is 10.4 Å². The Morgan fingerprint density at radius 3 is 2.35 bits per heavy atom. The fourth-order valence-corrected chi connectivity index (χ4v) is 6.33. The maximum absolute atomic E-state index is 13.5. The Hall–Kier alpha value is -2.43. The van der Waals surface area contributed by atoms with Gasteiger partial charge >= 0.3 is 0 Å². The van der Waals surface area contributed by atoms with Gasteiger partial charge in [0.2, 0.25) is 15.9 Å². The first kappa shape index (κ1) is 21.8. The number of hydrogen-bond donors (Lipinski definition) is 0. The predicted octanol–water partition coefficient (Wildman–Crippen LogP) is 1.87. The van der Waals surface area contributed by atoms with Gasteiger partial charge in [0.1, 0.15) is 11.9 Å². The zero-order valence-electron chi connectivity index (χ0n) is 16.7. The number of benzene rings is 2.